The van der Waals surface area contributed by atoms with Gasteiger partial charge < -0.3 is 10.1 Å². The Balaban J connectivity index is 1.47. The van der Waals surface area contributed by atoms with Crippen molar-refractivity contribution in [3.8, 4) is 0 Å². The van der Waals surface area contributed by atoms with Crippen molar-refractivity contribution in [1.82, 2.24) is 9.62 Å². The molecule has 0 aromatic heterocycles. The molecule has 0 radical (unpaired) electrons. The predicted octanol–water partition coefficient (Wildman–Crippen LogP) is 0.733. The summed E-state index contributed by atoms with van der Waals surface area (Å²) in [5, 5.41) is 3.02. The first-order chi connectivity index (χ1) is 10.5. The minimum absolute atomic E-state index is 0.144. The SMILES string of the molecule is CCS(=O)(=O)N1CC2(C1)OCCC2CCNC(=O)C1CCC1. The van der Waals surface area contributed by atoms with Gasteiger partial charge in [-0.15, -0.1) is 0 Å². The molecule has 1 spiro atoms. The van der Waals surface area contributed by atoms with Crippen LogP contribution in [0.15, 0.2) is 0 Å². The summed E-state index contributed by atoms with van der Waals surface area (Å²) in [5.41, 5.74) is -0.302. The lowest BCUT2D eigenvalue weighted by Crippen LogP contribution is -2.66. The van der Waals surface area contributed by atoms with Crippen LogP contribution in [0.25, 0.3) is 0 Å². The number of carbonyl (C=O) groups excluding carboxylic acids is 1. The second-order valence-electron chi connectivity index (χ2n) is 6.77. The number of rotatable bonds is 6. The van der Waals surface area contributed by atoms with E-state index < -0.39 is 10.0 Å². The fourth-order valence-corrected chi connectivity index (χ4v) is 4.85. The zero-order valence-corrected chi connectivity index (χ0v) is 14.0. The summed E-state index contributed by atoms with van der Waals surface area (Å²) in [6, 6.07) is 0. The van der Waals surface area contributed by atoms with Gasteiger partial charge in [-0.3, -0.25) is 4.79 Å². The Hall–Kier alpha value is -0.660. The Labute approximate surface area is 132 Å². The number of nitrogens with one attached hydrogen (secondary N) is 1. The number of hydrogen-bond acceptors (Lipinski definition) is 4. The fraction of sp³-hybridized carbons (Fsp3) is 0.933. The molecule has 2 heterocycles. The molecule has 22 heavy (non-hydrogen) atoms. The van der Waals surface area contributed by atoms with E-state index in [1.54, 1.807) is 6.92 Å². The first-order valence-corrected chi connectivity index (χ1v) is 9.97. The molecule has 1 saturated carbocycles. The van der Waals surface area contributed by atoms with E-state index in [0.29, 0.717) is 32.2 Å². The third kappa shape index (κ3) is 2.90. The van der Waals surface area contributed by atoms with Crippen molar-refractivity contribution < 1.29 is 17.9 Å². The number of amides is 1. The highest BCUT2D eigenvalue weighted by atomic mass is 32.2. The Morgan fingerprint density at radius 2 is 2.05 bits per heavy atom. The van der Waals surface area contributed by atoms with E-state index in [-0.39, 0.29) is 23.2 Å². The largest absolute Gasteiger partial charge is 0.372 e. The minimum Gasteiger partial charge on any atom is -0.372 e. The van der Waals surface area contributed by atoms with Gasteiger partial charge in [0.15, 0.2) is 0 Å². The summed E-state index contributed by atoms with van der Waals surface area (Å²) in [7, 11) is -3.11. The molecule has 2 saturated heterocycles. The number of sulfonamides is 1. The summed E-state index contributed by atoms with van der Waals surface area (Å²) in [6.07, 6.45) is 5.04. The topological polar surface area (TPSA) is 75.7 Å². The maximum absolute atomic E-state index is 11.9. The van der Waals surface area contributed by atoms with Crippen molar-refractivity contribution in [2.75, 3.05) is 32.0 Å². The van der Waals surface area contributed by atoms with Crippen LogP contribution in [0.1, 0.15) is 39.0 Å². The second kappa shape index (κ2) is 6.09. The van der Waals surface area contributed by atoms with Gasteiger partial charge >= 0.3 is 0 Å². The summed E-state index contributed by atoms with van der Waals surface area (Å²) in [6.45, 7) is 3.99. The second-order valence-corrected chi connectivity index (χ2v) is 9.03. The molecule has 126 valence electrons. The van der Waals surface area contributed by atoms with Crippen LogP contribution < -0.4 is 5.32 Å². The predicted molar refractivity (Wildman–Crippen MR) is 82.8 cm³/mol. The smallest absolute Gasteiger partial charge is 0.223 e. The maximum Gasteiger partial charge on any atom is 0.223 e. The summed E-state index contributed by atoms with van der Waals surface area (Å²) in [5.74, 6) is 0.897. The van der Waals surface area contributed by atoms with Crippen molar-refractivity contribution in [2.45, 2.75) is 44.6 Å². The van der Waals surface area contributed by atoms with Gasteiger partial charge in [-0.1, -0.05) is 6.42 Å². The third-order valence-electron chi connectivity index (χ3n) is 5.51. The van der Waals surface area contributed by atoms with Crippen LogP contribution in [0.4, 0.5) is 0 Å². The monoisotopic (exact) mass is 330 g/mol. The number of carbonyl (C=O) groups is 1. The molecule has 3 fully saturated rings. The lowest BCUT2D eigenvalue weighted by atomic mass is 9.80. The molecule has 0 bridgehead atoms. The first kappa shape index (κ1) is 16.2. The Kier molecular flexibility index (Phi) is 4.49. The molecular weight excluding hydrogens is 304 g/mol. The molecule has 0 aromatic rings. The molecule has 2 aliphatic heterocycles. The molecule has 6 nitrogen and oxygen atoms in total. The molecule has 1 aliphatic carbocycles. The molecular formula is C15H26N2O4S. The van der Waals surface area contributed by atoms with Crippen molar-refractivity contribution in [2.24, 2.45) is 11.8 Å². The number of nitrogens with zero attached hydrogens (tertiary/aromatic N) is 1. The lowest BCUT2D eigenvalue weighted by Gasteiger charge is -2.49. The van der Waals surface area contributed by atoms with Crippen molar-refractivity contribution in [3.63, 3.8) is 0 Å². The molecule has 3 aliphatic rings. The van der Waals surface area contributed by atoms with E-state index in [0.717, 1.165) is 25.7 Å². The molecule has 1 N–H and O–H groups in total. The van der Waals surface area contributed by atoms with Crippen LogP contribution in [0.2, 0.25) is 0 Å². The van der Waals surface area contributed by atoms with Gasteiger partial charge in [0.2, 0.25) is 15.9 Å². The van der Waals surface area contributed by atoms with Gasteiger partial charge in [0.05, 0.1) is 11.4 Å². The summed E-state index contributed by atoms with van der Waals surface area (Å²) < 4.78 is 31.1. The van der Waals surface area contributed by atoms with Crippen LogP contribution in [0, 0.1) is 11.8 Å². The molecule has 1 atom stereocenters. The fourth-order valence-electron chi connectivity index (χ4n) is 3.66. The number of ether oxygens (including phenoxy) is 1. The van der Waals surface area contributed by atoms with Crippen LogP contribution in [0.3, 0.4) is 0 Å². The van der Waals surface area contributed by atoms with Gasteiger partial charge in [-0.2, -0.15) is 4.31 Å². The zero-order valence-electron chi connectivity index (χ0n) is 13.2. The summed E-state index contributed by atoms with van der Waals surface area (Å²) >= 11 is 0. The van der Waals surface area contributed by atoms with E-state index in [2.05, 4.69) is 5.32 Å². The third-order valence-corrected chi connectivity index (χ3v) is 7.29. The first-order valence-electron chi connectivity index (χ1n) is 8.36. The lowest BCUT2D eigenvalue weighted by molar-refractivity contribution is -0.127. The van der Waals surface area contributed by atoms with Gasteiger partial charge in [0, 0.05) is 32.2 Å². The van der Waals surface area contributed by atoms with E-state index in [9.17, 15) is 13.2 Å². The molecule has 3 rings (SSSR count). The standard InChI is InChI=1S/C15H26N2O4S/c1-2-22(19,20)17-10-15(11-17)13(7-9-21-15)6-8-16-14(18)12-4-3-5-12/h12-13H,2-11H2,1H3,(H,16,18). The summed E-state index contributed by atoms with van der Waals surface area (Å²) in [4.78, 5) is 11.8. The quantitative estimate of drug-likeness (QED) is 0.779. The van der Waals surface area contributed by atoms with Gasteiger partial charge in [-0.25, -0.2) is 8.42 Å². The van der Waals surface area contributed by atoms with E-state index in [4.69, 9.17) is 4.74 Å². The Bertz CT molecular complexity index is 524. The normalized spacial score (nSPS) is 28.3. The highest BCUT2D eigenvalue weighted by Gasteiger charge is 2.55. The van der Waals surface area contributed by atoms with Crippen LogP contribution in [-0.2, 0) is 19.6 Å². The average molecular weight is 330 g/mol. The Morgan fingerprint density at radius 1 is 1.32 bits per heavy atom. The molecule has 0 aromatic carbocycles. The van der Waals surface area contributed by atoms with Gasteiger partial charge in [-0.05, 0) is 38.5 Å². The van der Waals surface area contributed by atoms with Crippen molar-refractivity contribution >= 4 is 15.9 Å². The van der Waals surface area contributed by atoms with Crippen molar-refractivity contribution in [1.29, 1.82) is 0 Å². The average Bonchev–Trinajstić information content (AvgIpc) is 2.79. The van der Waals surface area contributed by atoms with E-state index >= 15 is 0 Å². The van der Waals surface area contributed by atoms with Crippen LogP contribution in [0.5, 0.6) is 0 Å². The molecule has 1 unspecified atom stereocenters. The zero-order chi connectivity index (χ0) is 15.8. The van der Waals surface area contributed by atoms with Gasteiger partial charge in [0.25, 0.3) is 0 Å². The minimum atomic E-state index is -3.11. The highest BCUT2D eigenvalue weighted by Crippen LogP contribution is 2.42. The molecule has 1 amide bonds. The number of hydrogen-bond donors (Lipinski definition) is 1. The van der Waals surface area contributed by atoms with Crippen LogP contribution in [-0.4, -0.2) is 56.2 Å². The van der Waals surface area contributed by atoms with Gasteiger partial charge in [0.1, 0.15) is 0 Å². The van der Waals surface area contributed by atoms with Crippen molar-refractivity contribution in [3.05, 3.63) is 0 Å². The Morgan fingerprint density at radius 3 is 2.64 bits per heavy atom. The van der Waals surface area contributed by atoms with Crippen LogP contribution >= 0.6 is 0 Å². The highest BCUT2D eigenvalue weighted by molar-refractivity contribution is 7.89. The van der Waals surface area contributed by atoms with E-state index in [1.165, 1.54) is 10.7 Å². The van der Waals surface area contributed by atoms with E-state index in [1.807, 2.05) is 0 Å². The molecule has 7 heteroatoms. The maximum atomic E-state index is 11.9.